The summed E-state index contributed by atoms with van der Waals surface area (Å²) >= 11 is 0. The van der Waals surface area contributed by atoms with Gasteiger partial charge in [-0.05, 0) is 43.0 Å². The van der Waals surface area contributed by atoms with Gasteiger partial charge in [-0.25, -0.2) is 0 Å². The van der Waals surface area contributed by atoms with Crippen molar-refractivity contribution in [3.05, 3.63) is 29.8 Å². The third-order valence-electron chi connectivity index (χ3n) is 2.70. The highest BCUT2D eigenvalue weighted by Gasteiger charge is 2.21. The van der Waals surface area contributed by atoms with Crippen LogP contribution in [0.25, 0.3) is 0 Å². The van der Waals surface area contributed by atoms with Crippen molar-refractivity contribution < 1.29 is 14.6 Å². The fourth-order valence-corrected chi connectivity index (χ4v) is 1.47. The third-order valence-corrected chi connectivity index (χ3v) is 2.70. The number of nitrogens with one attached hydrogen (secondary N) is 1. The zero-order chi connectivity index (χ0) is 12.1. The van der Waals surface area contributed by atoms with Crippen LogP contribution in [0.15, 0.2) is 24.3 Å². The minimum absolute atomic E-state index is 0.0473. The largest absolute Gasteiger partial charge is 0.493 e. The molecule has 4 nitrogen and oxygen atoms in total. The van der Waals surface area contributed by atoms with Gasteiger partial charge < -0.3 is 15.2 Å². The Morgan fingerprint density at radius 3 is 2.65 bits per heavy atom. The van der Waals surface area contributed by atoms with Crippen LogP contribution >= 0.6 is 0 Å². The van der Waals surface area contributed by atoms with E-state index < -0.39 is 0 Å². The van der Waals surface area contributed by atoms with Crippen molar-refractivity contribution in [3.63, 3.8) is 0 Å². The van der Waals surface area contributed by atoms with Crippen molar-refractivity contribution in [2.75, 3.05) is 19.8 Å². The molecule has 92 valence electrons. The second-order valence-electron chi connectivity index (χ2n) is 4.26. The summed E-state index contributed by atoms with van der Waals surface area (Å²) in [6, 6.07) is 7.07. The molecule has 1 aliphatic rings. The van der Waals surface area contributed by atoms with Gasteiger partial charge in [-0.2, -0.15) is 0 Å². The molecule has 1 saturated carbocycles. The summed E-state index contributed by atoms with van der Waals surface area (Å²) < 4.78 is 5.57. The highest BCUT2D eigenvalue weighted by atomic mass is 16.5. The summed E-state index contributed by atoms with van der Waals surface area (Å²) in [7, 11) is 0. The van der Waals surface area contributed by atoms with Crippen molar-refractivity contribution >= 4 is 5.91 Å². The molecule has 0 spiro atoms. The summed E-state index contributed by atoms with van der Waals surface area (Å²) in [5, 5.41) is 11.2. The first kappa shape index (κ1) is 11.9. The van der Waals surface area contributed by atoms with Crippen LogP contribution in [0.5, 0.6) is 5.75 Å². The second-order valence-corrected chi connectivity index (χ2v) is 4.26. The molecule has 1 aromatic carbocycles. The van der Waals surface area contributed by atoms with E-state index in [9.17, 15) is 4.79 Å². The number of ether oxygens (including phenoxy) is 1. The zero-order valence-electron chi connectivity index (χ0n) is 9.69. The number of rotatable bonds is 6. The van der Waals surface area contributed by atoms with E-state index in [0.29, 0.717) is 5.56 Å². The van der Waals surface area contributed by atoms with Gasteiger partial charge in [0.1, 0.15) is 5.75 Å². The highest BCUT2D eigenvalue weighted by molar-refractivity contribution is 5.94. The van der Waals surface area contributed by atoms with E-state index in [4.69, 9.17) is 9.84 Å². The lowest BCUT2D eigenvalue weighted by Crippen LogP contribution is -2.26. The minimum Gasteiger partial charge on any atom is -0.493 e. The number of aliphatic hydroxyl groups is 1. The zero-order valence-corrected chi connectivity index (χ0v) is 9.69. The molecule has 0 unspecified atom stereocenters. The molecule has 17 heavy (non-hydrogen) atoms. The molecule has 1 aliphatic carbocycles. The topological polar surface area (TPSA) is 58.6 Å². The van der Waals surface area contributed by atoms with Crippen molar-refractivity contribution in [3.8, 4) is 5.75 Å². The maximum absolute atomic E-state index is 11.5. The first-order chi connectivity index (χ1) is 8.29. The van der Waals surface area contributed by atoms with Gasteiger partial charge in [-0.1, -0.05) is 0 Å². The lowest BCUT2D eigenvalue weighted by molar-refractivity contribution is 0.0944. The van der Waals surface area contributed by atoms with E-state index in [-0.39, 0.29) is 19.1 Å². The van der Waals surface area contributed by atoms with Crippen molar-refractivity contribution in [2.24, 2.45) is 5.92 Å². The summed E-state index contributed by atoms with van der Waals surface area (Å²) in [6.07, 6.45) is 2.53. The number of hydrogen-bond donors (Lipinski definition) is 2. The molecular formula is C13H17NO3. The summed E-state index contributed by atoms with van der Waals surface area (Å²) in [5.74, 6) is 1.35. The number of hydrogen-bond acceptors (Lipinski definition) is 3. The molecule has 0 heterocycles. The molecule has 2 N–H and O–H groups in total. The molecular weight excluding hydrogens is 218 g/mol. The van der Waals surface area contributed by atoms with Gasteiger partial charge in [0.15, 0.2) is 0 Å². The maximum atomic E-state index is 11.5. The van der Waals surface area contributed by atoms with E-state index in [1.807, 2.05) is 0 Å². The number of carbonyl (C=O) groups is 1. The van der Waals surface area contributed by atoms with Crippen LogP contribution < -0.4 is 10.1 Å². The van der Waals surface area contributed by atoms with Crippen LogP contribution in [-0.4, -0.2) is 30.8 Å². The van der Waals surface area contributed by atoms with Crippen LogP contribution in [0.3, 0.4) is 0 Å². The SMILES string of the molecule is O=C(NCCO)c1ccc(OCC2CC2)cc1. The molecule has 0 bridgehead atoms. The van der Waals surface area contributed by atoms with Crippen molar-refractivity contribution in [1.82, 2.24) is 5.32 Å². The Balaban J connectivity index is 1.85. The fourth-order valence-electron chi connectivity index (χ4n) is 1.47. The fraction of sp³-hybridized carbons (Fsp3) is 0.462. The minimum atomic E-state index is -0.173. The molecule has 1 aromatic rings. The molecule has 0 saturated heterocycles. The molecule has 1 fully saturated rings. The van der Waals surface area contributed by atoms with E-state index in [1.165, 1.54) is 12.8 Å². The lowest BCUT2D eigenvalue weighted by Gasteiger charge is -2.06. The number of carbonyl (C=O) groups excluding carboxylic acids is 1. The molecule has 0 aliphatic heterocycles. The smallest absolute Gasteiger partial charge is 0.251 e. The van der Waals surface area contributed by atoms with E-state index in [1.54, 1.807) is 24.3 Å². The van der Waals surface area contributed by atoms with Gasteiger partial charge in [0, 0.05) is 12.1 Å². The quantitative estimate of drug-likeness (QED) is 0.779. The van der Waals surface area contributed by atoms with Crippen LogP contribution in [0.1, 0.15) is 23.2 Å². The molecule has 1 amide bonds. The molecule has 0 radical (unpaired) electrons. The summed E-state index contributed by atoms with van der Waals surface area (Å²) in [5.41, 5.74) is 0.581. The Kier molecular flexibility index (Phi) is 3.98. The average Bonchev–Trinajstić information content (AvgIpc) is 3.18. The predicted molar refractivity (Wildman–Crippen MR) is 64.1 cm³/mol. The van der Waals surface area contributed by atoms with E-state index in [2.05, 4.69) is 5.32 Å². The first-order valence-electron chi connectivity index (χ1n) is 5.91. The Hall–Kier alpha value is -1.55. The summed E-state index contributed by atoms with van der Waals surface area (Å²) in [4.78, 5) is 11.5. The van der Waals surface area contributed by atoms with Crippen molar-refractivity contribution in [1.29, 1.82) is 0 Å². The van der Waals surface area contributed by atoms with Gasteiger partial charge in [0.2, 0.25) is 0 Å². The molecule has 2 rings (SSSR count). The van der Waals surface area contributed by atoms with Gasteiger partial charge in [0.25, 0.3) is 5.91 Å². The van der Waals surface area contributed by atoms with Crippen molar-refractivity contribution in [2.45, 2.75) is 12.8 Å². The van der Waals surface area contributed by atoms with E-state index in [0.717, 1.165) is 18.3 Å². The van der Waals surface area contributed by atoms with Gasteiger partial charge >= 0.3 is 0 Å². The van der Waals surface area contributed by atoms with E-state index >= 15 is 0 Å². The Morgan fingerprint density at radius 1 is 1.35 bits per heavy atom. The van der Waals surface area contributed by atoms with Crippen LogP contribution in [0, 0.1) is 5.92 Å². The number of amides is 1. The molecule has 0 atom stereocenters. The molecule has 0 aromatic heterocycles. The van der Waals surface area contributed by atoms with Crippen LogP contribution in [-0.2, 0) is 0 Å². The van der Waals surface area contributed by atoms with Gasteiger partial charge in [-0.3, -0.25) is 4.79 Å². The van der Waals surface area contributed by atoms with Gasteiger partial charge in [-0.15, -0.1) is 0 Å². The average molecular weight is 235 g/mol. The number of benzene rings is 1. The Bertz CT molecular complexity index is 371. The normalized spacial score (nSPS) is 14.4. The summed E-state index contributed by atoms with van der Waals surface area (Å²) in [6.45, 7) is 1.00. The lowest BCUT2D eigenvalue weighted by atomic mass is 10.2. The highest BCUT2D eigenvalue weighted by Crippen LogP contribution is 2.29. The maximum Gasteiger partial charge on any atom is 0.251 e. The van der Waals surface area contributed by atoms with Gasteiger partial charge in [0.05, 0.1) is 13.2 Å². The third kappa shape index (κ3) is 3.75. The Morgan fingerprint density at radius 2 is 2.06 bits per heavy atom. The van der Waals surface area contributed by atoms with Crippen LogP contribution in [0.2, 0.25) is 0 Å². The number of aliphatic hydroxyl groups excluding tert-OH is 1. The first-order valence-corrected chi connectivity index (χ1v) is 5.91. The predicted octanol–water partition coefficient (Wildman–Crippen LogP) is 1.20. The Labute approximate surface area is 101 Å². The molecule has 4 heteroatoms. The monoisotopic (exact) mass is 235 g/mol. The van der Waals surface area contributed by atoms with Crippen LogP contribution in [0.4, 0.5) is 0 Å². The second kappa shape index (κ2) is 5.68. The standard InChI is InChI=1S/C13H17NO3/c15-8-7-14-13(16)11-3-5-12(6-4-11)17-9-10-1-2-10/h3-6,10,15H,1-2,7-9H2,(H,14,16).